The first-order valence-corrected chi connectivity index (χ1v) is 7.67. The van der Waals surface area contributed by atoms with Crippen molar-refractivity contribution in [1.82, 2.24) is 14.9 Å². The van der Waals surface area contributed by atoms with E-state index in [9.17, 15) is 8.42 Å². The minimum absolute atomic E-state index is 0.0648. The van der Waals surface area contributed by atoms with E-state index in [1.165, 1.54) is 6.20 Å². The van der Waals surface area contributed by atoms with E-state index in [0.717, 1.165) is 25.7 Å². The van der Waals surface area contributed by atoms with Gasteiger partial charge in [-0.3, -0.25) is 5.10 Å². The molecule has 2 rings (SSSR count). The van der Waals surface area contributed by atoms with Crippen molar-refractivity contribution in [3.05, 3.63) is 11.9 Å². The van der Waals surface area contributed by atoms with E-state index >= 15 is 0 Å². The molecule has 7 heteroatoms. The minimum atomic E-state index is -3.48. The van der Waals surface area contributed by atoms with E-state index in [4.69, 9.17) is 5.73 Å². The van der Waals surface area contributed by atoms with Gasteiger partial charge in [-0.15, -0.1) is 0 Å². The Balaban J connectivity index is 2.08. The number of aromatic nitrogens is 2. The van der Waals surface area contributed by atoms with Crippen LogP contribution in [0.4, 0.5) is 0 Å². The summed E-state index contributed by atoms with van der Waals surface area (Å²) in [6.45, 7) is 2.63. The molecule has 1 aliphatic rings. The zero-order chi connectivity index (χ0) is 13.2. The van der Waals surface area contributed by atoms with Crippen molar-refractivity contribution in [2.75, 3.05) is 13.1 Å². The van der Waals surface area contributed by atoms with E-state index in [0.29, 0.717) is 18.8 Å². The molecule has 0 aromatic carbocycles. The number of hydrogen-bond acceptors (Lipinski definition) is 4. The van der Waals surface area contributed by atoms with Crippen LogP contribution in [0, 0.1) is 12.3 Å². The first-order valence-electron chi connectivity index (χ1n) is 6.19. The van der Waals surface area contributed by atoms with Gasteiger partial charge < -0.3 is 5.73 Å². The SMILES string of the molecule is Cc1[nH]ncc1S(=O)(=O)NCC1(CN)CCCC1. The fraction of sp³-hybridized carbons (Fsp3) is 0.727. The van der Waals surface area contributed by atoms with Crippen molar-refractivity contribution in [2.45, 2.75) is 37.5 Å². The van der Waals surface area contributed by atoms with Crippen molar-refractivity contribution >= 4 is 10.0 Å². The Hall–Kier alpha value is -0.920. The number of H-pyrrole nitrogens is 1. The first-order chi connectivity index (χ1) is 8.49. The molecule has 1 aromatic heterocycles. The lowest BCUT2D eigenvalue weighted by molar-refractivity contribution is 0.309. The number of sulfonamides is 1. The second-order valence-electron chi connectivity index (χ2n) is 5.10. The number of nitrogens with two attached hydrogens (primary N) is 1. The highest BCUT2D eigenvalue weighted by molar-refractivity contribution is 7.89. The van der Waals surface area contributed by atoms with Gasteiger partial charge in [0.05, 0.1) is 11.9 Å². The number of hydrogen-bond donors (Lipinski definition) is 3. The molecule has 0 atom stereocenters. The number of aryl methyl sites for hydroxylation is 1. The summed E-state index contributed by atoms with van der Waals surface area (Å²) < 4.78 is 26.9. The summed E-state index contributed by atoms with van der Waals surface area (Å²) in [6.07, 6.45) is 5.58. The van der Waals surface area contributed by atoms with Crippen LogP contribution in [0.5, 0.6) is 0 Å². The molecule has 0 amide bonds. The maximum atomic E-state index is 12.1. The van der Waals surface area contributed by atoms with E-state index in [2.05, 4.69) is 14.9 Å². The number of aromatic amines is 1. The van der Waals surface area contributed by atoms with Gasteiger partial charge in [0, 0.05) is 6.54 Å². The molecule has 6 nitrogen and oxygen atoms in total. The fourth-order valence-electron chi connectivity index (χ4n) is 2.51. The summed E-state index contributed by atoms with van der Waals surface area (Å²) in [6, 6.07) is 0. The summed E-state index contributed by atoms with van der Waals surface area (Å²) in [5.74, 6) is 0. The lowest BCUT2D eigenvalue weighted by Gasteiger charge is -2.27. The molecular formula is C11H20N4O2S. The molecule has 4 N–H and O–H groups in total. The van der Waals surface area contributed by atoms with Crippen LogP contribution in [0.25, 0.3) is 0 Å². The Morgan fingerprint density at radius 2 is 2.17 bits per heavy atom. The summed E-state index contributed by atoms with van der Waals surface area (Å²) in [4.78, 5) is 0.215. The average molecular weight is 272 g/mol. The summed E-state index contributed by atoms with van der Waals surface area (Å²) in [7, 11) is -3.48. The highest BCUT2D eigenvalue weighted by Gasteiger charge is 2.34. The Kier molecular flexibility index (Phi) is 3.74. The van der Waals surface area contributed by atoms with Crippen molar-refractivity contribution in [3.8, 4) is 0 Å². The Morgan fingerprint density at radius 3 is 2.67 bits per heavy atom. The van der Waals surface area contributed by atoms with Crippen LogP contribution in [0.1, 0.15) is 31.4 Å². The summed E-state index contributed by atoms with van der Waals surface area (Å²) in [5.41, 5.74) is 6.28. The van der Waals surface area contributed by atoms with Gasteiger partial charge in [-0.2, -0.15) is 5.10 Å². The third-order valence-electron chi connectivity index (χ3n) is 3.81. The third-order valence-corrected chi connectivity index (χ3v) is 5.32. The van der Waals surface area contributed by atoms with E-state index in [-0.39, 0.29) is 10.3 Å². The zero-order valence-corrected chi connectivity index (χ0v) is 11.4. The topological polar surface area (TPSA) is 101 Å². The minimum Gasteiger partial charge on any atom is -0.330 e. The molecule has 18 heavy (non-hydrogen) atoms. The largest absolute Gasteiger partial charge is 0.330 e. The lowest BCUT2D eigenvalue weighted by Crippen LogP contribution is -2.40. The molecule has 1 aliphatic carbocycles. The molecule has 0 spiro atoms. The monoisotopic (exact) mass is 272 g/mol. The molecule has 0 aliphatic heterocycles. The molecule has 1 heterocycles. The molecule has 102 valence electrons. The highest BCUT2D eigenvalue weighted by atomic mass is 32.2. The predicted octanol–water partition coefficient (Wildman–Crippen LogP) is 0.516. The third kappa shape index (κ3) is 2.57. The van der Waals surface area contributed by atoms with Gasteiger partial charge in [-0.1, -0.05) is 12.8 Å². The number of rotatable bonds is 5. The molecule has 0 saturated heterocycles. The second-order valence-corrected chi connectivity index (χ2v) is 6.83. The van der Waals surface area contributed by atoms with Gasteiger partial charge in [0.1, 0.15) is 4.90 Å². The number of nitrogens with zero attached hydrogens (tertiary/aromatic N) is 1. The van der Waals surface area contributed by atoms with Crippen LogP contribution >= 0.6 is 0 Å². The van der Waals surface area contributed by atoms with Gasteiger partial charge in [-0.05, 0) is 31.7 Å². The normalized spacial score (nSPS) is 19.2. The number of nitrogens with one attached hydrogen (secondary N) is 2. The van der Waals surface area contributed by atoms with Gasteiger partial charge in [0.2, 0.25) is 10.0 Å². The lowest BCUT2D eigenvalue weighted by atomic mass is 9.87. The summed E-state index contributed by atoms with van der Waals surface area (Å²) >= 11 is 0. The zero-order valence-electron chi connectivity index (χ0n) is 10.6. The predicted molar refractivity (Wildman–Crippen MR) is 68.5 cm³/mol. The van der Waals surface area contributed by atoms with Crippen LogP contribution in [0.2, 0.25) is 0 Å². The smallest absolute Gasteiger partial charge is 0.243 e. The molecule has 0 radical (unpaired) electrons. The Labute approximate surface area is 107 Å². The van der Waals surface area contributed by atoms with Crippen LogP contribution < -0.4 is 10.5 Å². The molecule has 1 saturated carbocycles. The molecular weight excluding hydrogens is 252 g/mol. The van der Waals surface area contributed by atoms with Crippen molar-refractivity contribution in [1.29, 1.82) is 0 Å². The maximum Gasteiger partial charge on any atom is 0.243 e. The van der Waals surface area contributed by atoms with Gasteiger partial charge in [-0.25, -0.2) is 13.1 Å². The van der Waals surface area contributed by atoms with Crippen molar-refractivity contribution < 1.29 is 8.42 Å². The second kappa shape index (κ2) is 4.99. The van der Waals surface area contributed by atoms with Crippen LogP contribution in [-0.2, 0) is 10.0 Å². The average Bonchev–Trinajstić information content (AvgIpc) is 2.96. The van der Waals surface area contributed by atoms with Crippen LogP contribution in [-0.4, -0.2) is 31.7 Å². The van der Waals surface area contributed by atoms with Crippen molar-refractivity contribution in [3.63, 3.8) is 0 Å². The van der Waals surface area contributed by atoms with Gasteiger partial charge in [0.25, 0.3) is 0 Å². The Bertz CT molecular complexity index is 503. The van der Waals surface area contributed by atoms with Gasteiger partial charge >= 0.3 is 0 Å². The standard InChI is InChI=1S/C11H20N4O2S/c1-9-10(6-13-15-9)18(16,17)14-8-11(7-12)4-2-3-5-11/h6,14H,2-5,7-8,12H2,1H3,(H,13,15). The van der Waals surface area contributed by atoms with Crippen molar-refractivity contribution in [2.24, 2.45) is 11.1 Å². The highest BCUT2D eigenvalue weighted by Crippen LogP contribution is 2.36. The molecule has 0 bridgehead atoms. The maximum absolute atomic E-state index is 12.1. The van der Waals surface area contributed by atoms with E-state index in [1.807, 2.05) is 0 Å². The van der Waals surface area contributed by atoms with E-state index in [1.54, 1.807) is 6.92 Å². The molecule has 1 fully saturated rings. The van der Waals surface area contributed by atoms with Crippen LogP contribution in [0.3, 0.4) is 0 Å². The first kappa shape index (κ1) is 13.5. The quantitative estimate of drug-likeness (QED) is 0.727. The Morgan fingerprint density at radius 1 is 1.50 bits per heavy atom. The summed E-state index contributed by atoms with van der Waals surface area (Å²) in [5, 5.41) is 6.37. The van der Waals surface area contributed by atoms with E-state index < -0.39 is 10.0 Å². The van der Waals surface area contributed by atoms with Gasteiger partial charge in [0.15, 0.2) is 0 Å². The molecule has 1 aromatic rings. The fourth-order valence-corrected chi connectivity index (χ4v) is 3.81. The van der Waals surface area contributed by atoms with Crippen LogP contribution in [0.15, 0.2) is 11.1 Å². The molecule has 0 unspecified atom stereocenters.